The largest absolute Gasteiger partial charge is 0.453 e. The zero-order chi connectivity index (χ0) is 19.6. The first kappa shape index (κ1) is 20.4. The fraction of sp³-hybridized carbons (Fsp3) is 0.250. The third-order valence-corrected chi connectivity index (χ3v) is 4.02. The number of alkyl carbamates (subject to hydrolysis) is 1. The van der Waals surface area contributed by atoms with E-state index in [4.69, 9.17) is 12.2 Å². The van der Waals surface area contributed by atoms with E-state index in [0.717, 1.165) is 25.1 Å². The van der Waals surface area contributed by atoms with Crippen molar-refractivity contribution in [1.29, 1.82) is 0 Å². The predicted octanol–water partition coefficient (Wildman–Crippen LogP) is 4.18. The molecular formula is C20H23N3O3S. The van der Waals surface area contributed by atoms with Gasteiger partial charge in [0.25, 0.3) is 0 Å². The molecule has 2 aromatic rings. The highest BCUT2D eigenvalue weighted by Crippen LogP contribution is 2.25. The quantitative estimate of drug-likeness (QED) is 0.377. The minimum Gasteiger partial charge on any atom is -0.453 e. The number of benzene rings is 2. The number of anilines is 2. The number of ketones is 1. The number of hydrogen-bond acceptors (Lipinski definition) is 5. The number of carbonyl (C=O) groups excluding carboxylic acids is 2. The summed E-state index contributed by atoms with van der Waals surface area (Å²) < 4.78 is 4.54. The van der Waals surface area contributed by atoms with Crippen LogP contribution in [0.2, 0.25) is 0 Å². The first-order valence-corrected chi connectivity index (χ1v) is 9.09. The average Bonchev–Trinajstić information content (AvgIpc) is 2.69. The Bertz CT molecular complexity index is 809. The maximum absolute atomic E-state index is 12.7. The summed E-state index contributed by atoms with van der Waals surface area (Å²) in [7, 11) is 1.26. The monoisotopic (exact) mass is 385 g/mol. The Balaban J connectivity index is 2.26. The fourth-order valence-corrected chi connectivity index (χ4v) is 2.59. The highest BCUT2D eigenvalue weighted by molar-refractivity contribution is 7.80. The van der Waals surface area contributed by atoms with Crippen LogP contribution in [0.4, 0.5) is 16.2 Å². The van der Waals surface area contributed by atoms with Crippen LogP contribution in [0.3, 0.4) is 0 Å². The normalized spacial score (nSPS) is 10.0. The van der Waals surface area contributed by atoms with E-state index >= 15 is 0 Å². The molecule has 0 heterocycles. The molecule has 0 atom stereocenters. The van der Waals surface area contributed by atoms with Gasteiger partial charge in [-0.2, -0.15) is 0 Å². The summed E-state index contributed by atoms with van der Waals surface area (Å²) in [6, 6.07) is 14.4. The number of hydrogen-bond donors (Lipinski definition) is 3. The lowest BCUT2D eigenvalue weighted by Crippen LogP contribution is -2.34. The van der Waals surface area contributed by atoms with Crippen LogP contribution in [0.25, 0.3) is 0 Å². The second-order valence-corrected chi connectivity index (χ2v) is 6.21. The van der Waals surface area contributed by atoms with Crippen LogP contribution in [0.5, 0.6) is 0 Å². The smallest absolute Gasteiger partial charge is 0.413 e. The fourth-order valence-electron chi connectivity index (χ4n) is 2.40. The average molecular weight is 385 g/mol. The van der Waals surface area contributed by atoms with Gasteiger partial charge in [0, 0.05) is 17.7 Å². The lowest BCUT2D eigenvalue weighted by molar-refractivity contribution is 0.103. The number of rotatable bonds is 7. The van der Waals surface area contributed by atoms with E-state index in [-0.39, 0.29) is 10.9 Å². The molecule has 0 bridgehead atoms. The summed E-state index contributed by atoms with van der Waals surface area (Å²) in [5.74, 6) is -0.0920. The molecule has 6 nitrogen and oxygen atoms in total. The van der Waals surface area contributed by atoms with Gasteiger partial charge in [-0.15, -0.1) is 0 Å². The first-order chi connectivity index (χ1) is 13.0. The SMILES string of the molecule is CCCCNc1ccc(C(=O)c2ccccc2)cc1NC(=S)NC(=O)OC. The van der Waals surface area contributed by atoms with Crippen molar-refractivity contribution in [2.24, 2.45) is 0 Å². The summed E-state index contributed by atoms with van der Waals surface area (Å²) in [5, 5.41) is 8.76. The van der Waals surface area contributed by atoms with Crippen LogP contribution in [0, 0.1) is 0 Å². The second-order valence-electron chi connectivity index (χ2n) is 5.81. The van der Waals surface area contributed by atoms with Crippen LogP contribution in [0.15, 0.2) is 48.5 Å². The van der Waals surface area contributed by atoms with E-state index in [0.29, 0.717) is 16.8 Å². The topological polar surface area (TPSA) is 79.5 Å². The molecule has 3 N–H and O–H groups in total. The van der Waals surface area contributed by atoms with Gasteiger partial charge in [-0.05, 0) is 36.8 Å². The summed E-state index contributed by atoms with van der Waals surface area (Å²) in [6.07, 6.45) is 1.40. The van der Waals surface area contributed by atoms with E-state index in [2.05, 4.69) is 27.6 Å². The first-order valence-electron chi connectivity index (χ1n) is 8.68. The molecule has 0 unspecified atom stereocenters. The maximum atomic E-state index is 12.7. The Morgan fingerprint density at radius 3 is 2.44 bits per heavy atom. The van der Waals surface area contributed by atoms with Gasteiger partial charge < -0.3 is 15.4 Å². The minimum atomic E-state index is -0.662. The zero-order valence-corrected chi connectivity index (χ0v) is 16.2. The molecule has 0 aliphatic heterocycles. The molecule has 0 saturated carbocycles. The molecule has 0 radical (unpaired) electrons. The number of thiocarbonyl (C=S) groups is 1. The van der Waals surface area contributed by atoms with Crippen molar-refractivity contribution < 1.29 is 14.3 Å². The molecule has 0 aliphatic rings. The van der Waals surface area contributed by atoms with Gasteiger partial charge in [0.2, 0.25) is 0 Å². The molecule has 0 saturated heterocycles. The molecule has 142 valence electrons. The second kappa shape index (κ2) is 10.3. The van der Waals surface area contributed by atoms with Gasteiger partial charge in [-0.25, -0.2) is 4.79 Å². The van der Waals surface area contributed by atoms with Crippen LogP contribution < -0.4 is 16.0 Å². The Morgan fingerprint density at radius 1 is 1.04 bits per heavy atom. The van der Waals surface area contributed by atoms with E-state index in [1.165, 1.54) is 7.11 Å². The Labute approximate surface area is 164 Å². The third-order valence-electron chi connectivity index (χ3n) is 3.81. The van der Waals surface area contributed by atoms with Crippen molar-refractivity contribution in [2.45, 2.75) is 19.8 Å². The van der Waals surface area contributed by atoms with Crippen LogP contribution >= 0.6 is 12.2 Å². The lowest BCUT2D eigenvalue weighted by atomic mass is 10.0. The van der Waals surface area contributed by atoms with Crippen LogP contribution in [-0.2, 0) is 4.74 Å². The van der Waals surface area contributed by atoms with Crippen molar-refractivity contribution in [3.05, 3.63) is 59.7 Å². The number of carbonyl (C=O) groups is 2. The minimum absolute atomic E-state index is 0.0877. The van der Waals surface area contributed by atoms with Gasteiger partial charge in [0.05, 0.1) is 18.5 Å². The number of ether oxygens (including phenoxy) is 1. The number of unbranched alkanes of at least 4 members (excludes halogenated alkanes) is 1. The van der Waals surface area contributed by atoms with Gasteiger partial charge in [0.1, 0.15) is 0 Å². The number of nitrogens with one attached hydrogen (secondary N) is 3. The van der Waals surface area contributed by atoms with Crippen molar-refractivity contribution >= 4 is 40.6 Å². The van der Waals surface area contributed by atoms with Crippen molar-refractivity contribution in [2.75, 3.05) is 24.3 Å². The van der Waals surface area contributed by atoms with Crippen LogP contribution in [-0.4, -0.2) is 30.6 Å². The van der Waals surface area contributed by atoms with E-state index in [9.17, 15) is 9.59 Å². The van der Waals surface area contributed by atoms with Crippen molar-refractivity contribution in [3.8, 4) is 0 Å². The van der Waals surface area contributed by atoms with Gasteiger partial charge in [0.15, 0.2) is 10.9 Å². The Kier molecular flexibility index (Phi) is 7.76. The van der Waals surface area contributed by atoms with Crippen molar-refractivity contribution in [1.82, 2.24) is 5.32 Å². The summed E-state index contributed by atoms with van der Waals surface area (Å²) in [4.78, 5) is 24.0. The predicted molar refractivity (Wildman–Crippen MR) is 111 cm³/mol. The molecule has 0 aromatic heterocycles. The standard InChI is InChI=1S/C20H23N3O3S/c1-3-4-12-21-16-11-10-15(18(24)14-8-6-5-7-9-14)13-17(16)22-19(27)23-20(25)26-2/h5-11,13,21H,3-4,12H2,1-2H3,(H2,22,23,25,27). The number of methoxy groups -OCH3 is 1. The molecule has 2 aromatic carbocycles. The highest BCUT2D eigenvalue weighted by atomic mass is 32.1. The van der Waals surface area contributed by atoms with Gasteiger partial charge >= 0.3 is 6.09 Å². The van der Waals surface area contributed by atoms with Crippen molar-refractivity contribution in [3.63, 3.8) is 0 Å². The van der Waals surface area contributed by atoms with E-state index in [1.54, 1.807) is 24.3 Å². The Morgan fingerprint density at radius 2 is 1.78 bits per heavy atom. The molecule has 0 aliphatic carbocycles. The molecule has 0 fully saturated rings. The van der Waals surface area contributed by atoms with Gasteiger partial charge in [-0.3, -0.25) is 10.1 Å². The number of amides is 1. The Hall–Kier alpha value is -2.93. The summed E-state index contributed by atoms with van der Waals surface area (Å²) >= 11 is 5.14. The maximum Gasteiger partial charge on any atom is 0.413 e. The van der Waals surface area contributed by atoms with E-state index < -0.39 is 6.09 Å². The van der Waals surface area contributed by atoms with Crippen LogP contribution in [0.1, 0.15) is 35.7 Å². The molecule has 1 amide bonds. The molecule has 2 rings (SSSR count). The van der Waals surface area contributed by atoms with E-state index in [1.807, 2.05) is 24.3 Å². The molecular weight excluding hydrogens is 362 g/mol. The molecule has 7 heteroatoms. The lowest BCUT2D eigenvalue weighted by Gasteiger charge is -2.16. The zero-order valence-electron chi connectivity index (χ0n) is 15.4. The molecule has 0 spiro atoms. The third kappa shape index (κ3) is 6.07. The highest BCUT2D eigenvalue weighted by Gasteiger charge is 2.13. The summed E-state index contributed by atoms with van der Waals surface area (Å²) in [6.45, 7) is 2.90. The van der Waals surface area contributed by atoms with Gasteiger partial charge in [-0.1, -0.05) is 43.7 Å². The molecule has 27 heavy (non-hydrogen) atoms. The summed E-state index contributed by atoms with van der Waals surface area (Å²) in [5.41, 5.74) is 2.52.